The summed E-state index contributed by atoms with van der Waals surface area (Å²) in [6.07, 6.45) is 13.6. The Morgan fingerprint density at radius 2 is 0.827 bits per heavy atom. The number of rotatable bonds is 9. The molecule has 6 rings (SSSR count). The highest BCUT2D eigenvalue weighted by molar-refractivity contribution is 6.17. The fourth-order valence-electron chi connectivity index (χ4n) is 7.07. The zero-order valence-corrected chi connectivity index (χ0v) is 34.9. The van der Waals surface area contributed by atoms with Crippen LogP contribution < -0.4 is 14.2 Å². The van der Waals surface area contributed by atoms with Crippen molar-refractivity contribution in [1.82, 2.24) is 4.90 Å². The lowest BCUT2D eigenvalue weighted by Crippen LogP contribution is -2.26. The predicted molar refractivity (Wildman–Crippen MR) is 222 cm³/mol. The predicted octanol–water partition coefficient (Wildman–Crippen LogP) is 12.7. The van der Waals surface area contributed by atoms with E-state index in [9.17, 15) is 0 Å². The first-order chi connectivity index (χ1) is 24.6. The van der Waals surface area contributed by atoms with E-state index in [-0.39, 0.29) is 16.2 Å². The van der Waals surface area contributed by atoms with Crippen molar-refractivity contribution in [2.45, 2.75) is 161 Å². The van der Waals surface area contributed by atoms with Crippen LogP contribution in [0, 0.1) is 0 Å². The van der Waals surface area contributed by atoms with Crippen LogP contribution in [0.2, 0.25) is 0 Å². The molecule has 2 aliphatic carbocycles. The molecule has 3 fully saturated rings. The lowest BCUT2D eigenvalue weighted by Gasteiger charge is -2.20. The summed E-state index contributed by atoms with van der Waals surface area (Å²) in [6, 6.07) is 25.7. The number of nitrogens with zero attached hydrogens (tertiary/aromatic N) is 1. The van der Waals surface area contributed by atoms with E-state index in [1.165, 1.54) is 68.1 Å². The molecule has 0 N–H and O–H groups in total. The highest BCUT2D eigenvalue weighted by atomic mass is 35.5. The molecule has 0 amide bonds. The molecule has 0 bridgehead atoms. The van der Waals surface area contributed by atoms with E-state index in [2.05, 4.69) is 140 Å². The first-order valence-electron chi connectivity index (χ1n) is 20.2. The van der Waals surface area contributed by atoms with Crippen LogP contribution in [0.15, 0.2) is 72.8 Å². The van der Waals surface area contributed by atoms with Crippen molar-refractivity contribution in [3.8, 4) is 17.2 Å². The highest BCUT2D eigenvalue weighted by Gasteiger charge is 2.24. The largest absolute Gasteiger partial charge is 0.490 e. The Labute approximate surface area is 323 Å². The number of alkyl halides is 1. The molecular weight excluding hydrogens is 662 g/mol. The van der Waals surface area contributed by atoms with E-state index in [0.717, 1.165) is 55.6 Å². The summed E-state index contributed by atoms with van der Waals surface area (Å²) in [5.41, 5.74) is 4.74. The van der Waals surface area contributed by atoms with Gasteiger partial charge in [0.2, 0.25) is 0 Å². The van der Waals surface area contributed by atoms with Gasteiger partial charge in [0, 0.05) is 19.0 Å². The Kier molecular flexibility index (Phi) is 15.8. The van der Waals surface area contributed by atoms with E-state index in [4.69, 9.17) is 25.8 Å². The van der Waals surface area contributed by atoms with E-state index in [1.54, 1.807) is 0 Å². The van der Waals surface area contributed by atoms with Gasteiger partial charge in [0.05, 0.1) is 12.2 Å². The quantitative estimate of drug-likeness (QED) is 0.205. The maximum atomic E-state index is 6.08. The Hall–Kier alpha value is -2.69. The molecule has 5 heteroatoms. The minimum atomic E-state index is 0.199. The summed E-state index contributed by atoms with van der Waals surface area (Å²) < 4.78 is 18.0. The lowest BCUT2D eigenvalue weighted by atomic mass is 9.87. The SMILES string of the molecule is CC(C)(C)c1ccc(OC2CCCC2)cc1.CC(C)(C)c1ccc(OC2CCCC2)cc1.CC(C)(C)c1ccc(O[C@@H]2CCN(CCCCl)C2)cc1. The third kappa shape index (κ3) is 14.3. The summed E-state index contributed by atoms with van der Waals surface area (Å²) in [6.45, 7) is 23.3. The van der Waals surface area contributed by atoms with Gasteiger partial charge >= 0.3 is 0 Å². The Balaban J connectivity index is 0.000000176. The van der Waals surface area contributed by atoms with Crippen LogP contribution in [0.3, 0.4) is 0 Å². The summed E-state index contributed by atoms with van der Waals surface area (Å²) >= 11 is 5.74. The number of hydrogen-bond donors (Lipinski definition) is 0. The molecule has 0 aromatic heterocycles. The monoisotopic (exact) mass is 732 g/mol. The van der Waals surface area contributed by atoms with Gasteiger partial charge in [0.1, 0.15) is 23.4 Å². The standard InChI is InChI=1S/C17H26ClNO.2C15H22O/c1-17(2,3)14-5-7-15(8-6-14)20-16-9-12-19(13-16)11-4-10-18;2*1-15(2,3)12-8-10-14(11-9-12)16-13-6-4-5-7-13/h5-8,16H,4,9-13H2,1-3H3;2*8-11,13H,4-7H2,1-3H3/t16-;;/m1../s1. The Bertz CT molecular complexity index is 1350. The minimum Gasteiger partial charge on any atom is -0.490 e. The van der Waals surface area contributed by atoms with Crippen molar-refractivity contribution < 1.29 is 14.2 Å². The molecule has 52 heavy (non-hydrogen) atoms. The highest BCUT2D eigenvalue weighted by Crippen LogP contribution is 2.30. The number of benzene rings is 3. The van der Waals surface area contributed by atoms with Gasteiger partial charge in [-0.05, 0) is 140 Å². The van der Waals surface area contributed by atoms with E-state index in [0.29, 0.717) is 18.3 Å². The van der Waals surface area contributed by atoms with Crippen molar-refractivity contribution in [2.24, 2.45) is 0 Å². The van der Waals surface area contributed by atoms with Crippen LogP contribution >= 0.6 is 11.6 Å². The zero-order chi connectivity index (χ0) is 37.8. The number of hydrogen-bond acceptors (Lipinski definition) is 4. The normalized spacial score (nSPS) is 18.7. The molecule has 2 saturated carbocycles. The summed E-state index contributed by atoms with van der Waals surface area (Å²) in [4.78, 5) is 2.44. The molecule has 1 aliphatic heterocycles. The van der Waals surface area contributed by atoms with Crippen molar-refractivity contribution in [1.29, 1.82) is 0 Å². The second kappa shape index (κ2) is 19.6. The molecule has 1 atom stereocenters. The molecule has 1 saturated heterocycles. The average molecular weight is 733 g/mol. The van der Waals surface area contributed by atoms with Gasteiger partial charge in [-0.25, -0.2) is 0 Å². The van der Waals surface area contributed by atoms with Gasteiger partial charge < -0.3 is 14.2 Å². The maximum absolute atomic E-state index is 6.08. The molecule has 3 aliphatic rings. The van der Waals surface area contributed by atoms with Crippen LogP contribution in [-0.4, -0.2) is 48.7 Å². The first kappa shape index (κ1) is 42.1. The lowest BCUT2D eigenvalue weighted by molar-refractivity contribution is 0.200. The first-order valence-corrected chi connectivity index (χ1v) is 20.7. The van der Waals surface area contributed by atoms with E-state index < -0.39 is 0 Å². The maximum Gasteiger partial charge on any atom is 0.119 e. The van der Waals surface area contributed by atoms with E-state index in [1.807, 2.05) is 0 Å². The average Bonchev–Trinajstić information content (AvgIpc) is 3.89. The smallest absolute Gasteiger partial charge is 0.119 e. The fourth-order valence-corrected chi connectivity index (χ4v) is 7.19. The van der Waals surface area contributed by atoms with E-state index >= 15 is 0 Å². The molecule has 0 radical (unpaired) electrons. The number of ether oxygens (including phenoxy) is 3. The van der Waals surface area contributed by atoms with Gasteiger partial charge in [-0.2, -0.15) is 0 Å². The van der Waals surface area contributed by atoms with Gasteiger partial charge in [0.25, 0.3) is 0 Å². The second-order valence-corrected chi connectivity index (χ2v) is 18.6. The molecule has 1 heterocycles. The molecule has 288 valence electrons. The number of halogens is 1. The van der Waals surface area contributed by atoms with Crippen LogP contribution in [0.25, 0.3) is 0 Å². The van der Waals surface area contributed by atoms with Crippen LogP contribution in [-0.2, 0) is 16.2 Å². The van der Waals surface area contributed by atoms with Gasteiger partial charge in [-0.3, -0.25) is 4.90 Å². The molecule has 0 unspecified atom stereocenters. The van der Waals surface area contributed by atoms with Crippen LogP contribution in [0.1, 0.15) is 143 Å². The molecule has 3 aromatic rings. The van der Waals surface area contributed by atoms with Gasteiger partial charge in [-0.1, -0.05) is 98.7 Å². The van der Waals surface area contributed by atoms with Crippen molar-refractivity contribution in [3.05, 3.63) is 89.5 Å². The van der Waals surface area contributed by atoms with Crippen molar-refractivity contribution in [2.75, 3.05) is 25.5 Å². The third-order valence-corrected chi connectivity index (χ3v) is 10.8. The van der Waals surface area contributed by atoms with Gasteiger partial charge in [-0.15, -0.1) is 11.6 Å². The minimum absolute atomic E-state index is 0.199. The van der Waals surface area contributed by atoms with Crippen LogP contribution in [0.4, 0.5) is 0 Å². The summed E-state index contributed by atoms with van der Waals surface area (Å²) in [5.74, 6) is 3.79. The Morgan fingerprint density at radius 1 is 0.500 bits per heavy atom. The zero-order valence-electron chi connectivity index (χ0n) is 34.1. The van der Waals surface area contributed by atoms with Crippen molar-refractivity contribution in [3.63, 3.8) is 0 Å². The molecular formula is C47H70ClNO3. The fraction of sp³-hybridized carbons (Fsp3) is 0.617. The third-order valence-electron chi connectivity index (χ3n) is 10.5. The summed E-state index contributed by atoms with van der Waals surface area (Å²) in [5, 5.41) is 0. The molecule has 3 aromatic carbocycles. The number of likely N-dealkylation sites (tertiary alicyclic amines) is 1. The van der Waals surface area contributed by atoms with Gasteiger partial charge in [0.15, 0.2) is 0 Å². The van der Waals surface area contributed by atoms with Crippen LogP contribution in [0.5, 0.6) is 17.2 Å². The topological polar surface area (TPSA) is 30.9 Å². The second-order valence-electron chi connectivity index (χ2n) is 18.2. The molecule has 4 nitrogen and oxygen atoms in total. The molecule has 0 spiro atoms. The summed E-state index contributed by atoms with van der Waals surface area (Å²) in [7, 11) is 0. The van der Waals surface area contributed by atoms with Crippen molar-refractivity contribution >= 4 is 11.6 Å². The Morgan fingerprint density at radius 3 is 1.13 bits per heavy atom.